The molecule has 1 aromatic carbocycles. The van der Waals surface area contributed by atoms with Gasteiger partial charge in [0.05, 0.1) is 36.6 Å². The molecule has 14 heteroatoms. The van der Waals surface area contributed by atoms with E-state index in [0.29, 0.717) is 30.8 Å². The Morgan fingerprint density at radius 1 is 1.06 bits per heavy atom. The number of amides is 3. The van der Waals surface area contributed by atoms with Crippen LogP contribution >= 0.6 is 0 Å². The third-order valence-corrected chi connectivity index (χ3v) is 5.61. The summed E-state index contributed by atoms with van der Waals surface area (Å²) in [5.41, 5.74) is 17.7. The zero-order chi connectivity index (χ0) is 26.2. The molecule has 0 spiro atoms. The smallest absolute Gasteiger partial charge is 0.254 e. The van der Waals surface area contributed by atoms with E-state index in [9.17, 15) is 24.0 Å². The largest absolute Gasteiger partial charge is 0.348 e. The van der Waals surface area contributed by atoms with E-state index in [-0.39, 0.29) is 18.5 Å². The Labute approximate surface area is 206 Å². The molecule has 0 saturated carbocycles. The second kappa shape index (κ2) is 12.1. The lowest BCUT2D eigenvalue weighted by Crippen LogP contribution is -2.61. The van der Waals surface area contributed by atoms with Gasteiger partial charge in [-0.3, -0.25) is 24.0 Å². The minimum atomic E-state index is -1.78. The van der Waals surface area contributed by atoms with Crippen LogP contribution in [0.2, 0.25) is 0 Å². The molecule has 36 heavy (non-hydrogen) atoms. The van der Waals surface area contributed by atoms with Crippen LogP contribution in [-0.2, 0) is 25.7 Å². The van der Waals surface area contributed by atoms with Crippen molar-refractivity contribution >= 4 is 29.3 Å². The molecular weight excluding hydrogens is 470 g/mol. The maximum atomic E-state index is 13.2. The molecule has 0 saturated heterocycles. The van der Waals surface area contributed by atoms with Crippen molar-refractivity contribution in [2.75, 3.05) is 13.1 Å². The fraction of sp³-hybridized carbons (Fsp3) is 0.409. The molecule has 14 nitrogen and oxygen atoms in total. The molecule has 9 N–H and O–H groups in total. The summed E-state index contributed by atoms with van der Waals surface area (Å²) in [4.78, 5) is 64.7. The molecule has 0 aliphatic carbocycles. The number of nitrogens with two attached hydrogens (primary N) is 3. The van der Waals surface area contributed by atoms with Gasteiger partial charge in [0.25, 0.3) is 17.7 Å². The van der Waals surface area contributed by atoms with Crippen molar-refractivity contribution in [3.8, 4) is 5.69 Å². The molecule has 3 rings (SSSR count). The van der Waals surface area contributed by atoms with Gasteiger partial charge in [0, 0.05) is 0 Å². The molecule has 1 aromatic heterocycles. The molecule has 1 aliphatic heterocycles. The fourth-order valence-corrected chi connectivity index (χ4v) is 3.62. The Morgan fingerprint density at radius 3 is 2.53 bits per heavy atom. The van der Waals surface area contributed by atoms with Crippen molar-refractivity contribution in [3.63, 3.8) is 0 Å². The summed E-state index contributed by atoms with van der Waals surface area (Å²) in [6.45, 7) is -0.266. The van der Waals surface area contributed by atoms with Crippen LogP contribution in [0.1, 0.15) is 35.3 Å². The molecule has 3 atom stereocenters. The molecule has 192 valence electrons. The van der Waals surface area contributed by atoms with E-state index in [1.807, 2.05) is 0 Å². The highest BCUT2D eigenvalue weighted by atomic mass is 16.2. The number of nitrogens with one attached hydrogen (secondary N) is 3. The van der Waals surface area contributed by atoms with Crippen LogP contribution in [0, 0.1) is 0 Å². The van der Waals surface area contributed by atoms with Gasteiger partial charge in [0.1, 0.15) is 5.69 Å². The minimum Gasteiger partial charge on any atom is -0.348 e. The highest BCUT2D eigenvalue weighted by molar-refractivity contribution is 6.15. The number of nitrogens with zero attached hydrogens (tertiary/aromatic N) is 3. The molecule has 1 aliphatic rings. The van der Waals surface area contributed by atoms with Gasteiger partial charge < -0.3 is 33.2 Å². The van der Waals surface area contributed by atoms with Gasteiger partial charge in [0.15, 0.2) is 23.7 Å². The lowest BCUT2D eigenvalue weighted by atomic mass is 9.98. The maximum absolute atomic E-state index is 13.2. The third-order valence-electron chi connectivity index (χ3n) is 5.61. The first-order valence-electron chi connectivity index (χ1n) is 11.4. The summed E-state index contributed by atoms with van der Waals surface area (Å²) in [6, 6.07) is 1.78. The Bertz CT molecular complexity index is 1150. The van der Waals surface area contributed by atoms with E-state index in [0.717, 1.165) is 0 Å². The average molecular weight is 500 g/mol. The van der Waals surface area contributed by atoms with E-state index < -0.39 is 54.0 Å². The van der Waals surface area contributed by atoms with Gasteiger partial charge in [-0.15, -0.1) is 5.10 Å². The van der Waals surface area contributed by atoms with Gasteiger partial charge in [-0.2, -0.15) is 0 Å². The van der Waals surface area contributed by atoms with Crippen LogP contribution in [0.4, 0.5) is 0 Å². The van der Waals surface area contributed by atoms with Crippen LogP contribution in [0.25, 0.3) is 5.69 Å². The Kier molecular flexibility index (Phi) is 8.94. The van der Waals surface area contributed by atoms with E-state index in [1.165, 1.54) is 16.9 Å². The normalized spacial score (nSPS) is 19.2. The number of aromatic nitrogens is 3. The highest BCUT2D eigenvalue weighted by Gasteiger charge is 2.37. The molecule has 0 unspecified atom stereocenters. The predicted molar refractivity (Wildman–Crippen MR) is 126 cm³/mol. The van der Waals surface area contributed by atoms with Crippen LogP contribution in [0.3, 0.4) is 0 Å². The zero-order valence-electron chi connectivity index (χ0n) is 19.5. The number of ketones is 2. The number of Topliss-reactive ketones (excluding diaryl/α,β-unsaturated/α-hetero) is 2. The number of benzene rings is 1. The topological polar surface area (TPSA) is 230 Å². The van der Waals surface area contributed by atoms with Crippen molar-refractivity contribution in [2.45, 2.75) is 43.9 Å². The van der Waals surface area contributed by atoms with Gasteiger partial charge in [-0.05, 0) is 31.5 Å². The Balaban J connectivity index is 2.03. The number of carbonyl (C=O) groups is 5. The number of para-hydroxylation sites is 1. The molecule has 2 aromatic rings. The zero-order valence-corrected chi connectivity index (χ0v) is 19.5. The summed E-state index contributed by atoms with van der Waals surface area (Å²) >= 11 is 0. The molecule has 0 fully saturated rings. The van der Waals surface area contributed by atoms with E-state index >= 15 is 0 Å². The van der Waals surface area contributed by atoms with Crippen LogP contribution < -0.4 is 33.2 Å². The van der Waals surface area contributed by atoms with Crippen molar-refractivity contribution in [2.24, 2.45) is 17.2 Å². The molecular formula is C22H29N9O5. The van der Waals surface area contributed by atoms with Gasteiger partial charge >= 0.3 is 0 Å². The molecule has 0 radical (unpaired) electrons. The van der Waals surface area contributed by atoms with E-state index in [1.54, 1.807) is 18.2 Å². The molecule has 2 bridgehead atoms. The van der Waals surface area contributed by atoms with E-state index in [2.05, 4.69) is 26.3 Å². The first-order chi connectivity index (χ1) is 17.3. The number of hydrogen-bond donors (Lipinski definition) is 6. The lowest BCUT2D eigenvalue weighted by molar-refractivity contribution is -0.138. The highest BCUT2D eigenvalue weighted by Crippen LogP contribution is 2.15. The first kappa shape index (κ1) is 26.6. The molecule has 3 amide bonds. The molecule has 2 heterocycles. The van der Waals surface area contributed by atoms with Gasteiger partial charge in [-0.25, -0.2) is 4.68 Å². The second-order valence-electron chi connectivity index (χ2n) is 8.20. The quantitative estimate of drug-likeness (QED) is 0.159. The summed E-state index contributed by atoms with van der Waals surface area (Å²) in [7, 11) is 0. The predicted octanol–water partition coefficient (Wildman–Crippen LogP) is -2.97. The SMILES string of the molecule is NCCCC[C@H](N)C(=O)[C@@H]1NC(=O)c2ccccc2-n2cc(nn2)CNC(=O)[C@H](C(=O)CN)NC1=O. The monoisotopic (exact) mass is 499 g/mol. The summed E-state index contributed by atoms with van der Waals surface area (Å²) in [6.07, 6.45) is 2.86. The van der Waals surface area contributed by atoms with Crippen molar-refractivity contribution in [3.05, 3.63) is 41.7 Å². The van der Waals surface area contributed by atoms with Gasteiger partial charge in [0.2, 0.25) is 0 Å². The van der Waals surface area contributed by atoms with Crippen LogP contribution in [0.15, 0.2) is 30.5 Å². The Hall–Kier alpha value is -4.01. The minimum absolute atomic E-state index is 0.104. The number of hydrogen-bond acceptors (Lipinski definition) is 10. The van der Waals surface area contributed by atoms with Gasteiger partial charge in [-0.1, -0.05) is 23.8 Å². The number of rotatable bonds is 8. The van der Waals surface area contributed by atoms with Crippen molar-refractivity contribution < 1.29 is 24.0 Å². The first-order valence-corrected chi connectivity index (χ1v) is 11.4. The summed E-state index contributed by atoms with van der Waals surface area (Å²) in [5, 5.41) is 15.1. The van der Waals surface area contributed by atoms with Crippen LogP contribution in [-0.4, -0.2) is 75.5 Å². The summed E-state index contributed by atoms with van der Waals surface area (Å²) < 4.78 is 1.32. The number of carbonyl (C=O) groups excluding carboxylic acids is 5. The number of unbranched alkanes of at least 4 members (excludes halogenated alkanes) is 1. The van der Waals surface area contributed by atoms with E-state index in [4.69, 9.17) is 17.2 Å². The lowest BCUT2D eigenvalue weighted by Gasteiger charge is -2.24. The van der Waals surface area contributed by atoms with Crippen molar-refractivity contribution in [1.29, 1.82) is 0 Å². The second-order valence-corrected chi connectivity index (χ2v) is 8.20. The standard InChI is InChI=1S/C22H29N9O5/c23-8-4-3-6-14(25)19(33)18-22(36)27-17(16(32)9-24)21(35)26-10-12-11-31(30-29-12)15-7-2-1-5-13(15)20(34)28-18/h1-2,5,7,11,14,17-18H,3-4,6,8-10,23-25H2,(H,26,35)(H,27,36)(H,28,34)/t14-,17-,18-/m0/s1. The van der Waals surface area contributed by atoms with Crippen LogP contribution in [0.5, 0.6) is 0 Å². The maximum Gasteiger partial charge on any atom is 0.254 e. The van der Waals surface area contributed by atoms with Crippen molar-refractivity contribution in [1.82, 2.24) is 30.9 Å². The number of fused-ring (bicyclic) bond motifs is 4. The summed E-state index contributed by atoms with van der Waals surface area (Å²) in [5.74, 6) is -4.29. The fourth-order valence-electron chi connectivity index (χ4n) is 3.62. The Morgan fingerprint density at radius 2 is 1.81 bits per heavy atom. The average Bonchev–Trinajstić information content (AvgIpc) is 3.36. The third kappa shape index (κ3) is 6.16.